The molecule has 0 saturated carbocycles. The second-order valence-corrected chi connectivity index (χ2v) is 6.93. The van der Waals surface area contributed by atoms with E-state index >= 15 is 0 Å². The second-order valence-electron chi connectivity index (χ2n) is 5.99. The first-order valence-corrected chi connectivity index (χ1v) is 7.85. The number of carbonyl (C=O) groups is 1. The fourth-order valence-electron chi connectivity index (χ4n) is 2.07. The van der Waals surface area contributed by atoms with Crippen molar-refractivity contribution in [2.45, 2.75) is 46.0 Å². The van der Waals surface area contributed by atoms with E-state index in [-0.39, 0.29) is 11.2 Å². The highest BCUT2D eigenvalue weighted by Crippen LogP contribution is 2.24. The van der Waals surface area contributed by atoms with Crippen LogP contribution in [0.1, 0.15) is 54.3 Å². The van der Waals surface area contributed by atoms with E-state index in [1.165, 1.54) is 0 Å². The Bertz CT molecular complexity index is 607. The van der Waals surface area contributed by atoms with Gasteiger partial charge < -0.3 is 0 Å². The number of thiazole rings is 1. The first-order valence-electron chi connectivity index (χ1n) is 6.97. The molecule has 3 heteroatoms. The molecule has 0 saturated heterocycles. The molecular formula is C17H21NOS. The van der Waals surface area contributed by atoms with Gasteiger partial charge in [-0.3, -0.25) is 4.79 Å². The summed E-state index contributed by atoms with van der Waals surface area (Å²) in [4.78, 5) is 17.0. The van der Waals surface area contributed by atoms with Crippen LogP contribution in [0.25, 0.3) is 0 Å². The van der Waals surface area contributed by atoms with Gasteiger partial charge in [-0.2, -0.15) is 0 Å². The van der Waals surface area contributed by atoms with Gasteiger partial charge in [0, 0.05) is 16.4 Å². The van der Waals surface area contributed by atoms with Crippen molar-refractivity contribution in [1.82, 2.24) is 4.98 Å². The largest absolute Gasteiger partial charge is 0.294 e. The predicted octanol–water partition coefficient (Wildman–Crippen LogP) is 4.43. The summed E-state index contributed by atoms with van der Waals surface area (Å²) in [5.74, 6) is 0.164. The maximum absolute atomic E-state index is 12.4. The molecule has 0 aliphatic heterocycles. The third-order valence-corrected chi connectivity index (χ3v) is 4.18. The van der Waals surface area contributed by atoms with Crippen molar-refractivity contribution in [2.24, 2.45) is 0 Å². The normalized spacial score (nSPS) is 11.6. The number of nitrogens with zero attached hydrogens (tertiary/aromatic N) is 1. The third kappa shape index (κ3) is 3.34. The van der Waals surface area contributed by atoms with Crippen LogP contribution in [0.15, 0.2) is 29.6 Å². The zero-order chi connectivity index (χ0) is 14.8. The first kappa shape index (κ1) is 14.9. The molecule has 0 unspecified atom stereocenters. The maximum Gasteiger partial charge on any atom is 0.169 e. The number of hydrogen-bond donors (Lipinski definition) is 0. The van der Waals surface area contributed by atoms with Crippen LogP contribution in [0.2, 0.25) is 0 Å². The molecule has 1 heterocycles. The quantitative estimate of drug-likeness (QED) is 0.779. The monoisotopic (exact) mass is 287 g/mol. The van der Waals surface area contributed by atoms with Crippen molar-refractivity contribution in [2.75, 3.05) is 0 Å². The van der Waals surface area contributed by atoms with E-state index in [9.17, 15) is 4.79 Å². The zero-order valence-corrected chi connectivity index (χ0v) is 13.4. The summed E-state index contributed by atoms with van der Waals surface area (Å²) in [5.41, 5.74) is 3.06. The van der Waals surface area contributed by atoms with Crippen LogP contribution in [0.5, 0.6) is 0 Å². The Balaban J connectivity index is 2.18. The second kappa shape index (κ2) is 5.88. The van der Waals surface area contributed by atoms with Crippen molar-refractivity contribution in [3.05, 3.63) is 51.5 Å². The molecule has 0 aliphatic rings. The number of carbonyl (C=O) groups excluding carboxylic acids is 1. The molecule has 1 aromatic heterocycles. The molecule has 2 nitrogen and oxygen atoms in total. The smallest absolute Gasteiger partial charge is 0.169 e. The number of benzene rings is 1. The minimum atomic E-state index is 0.0408. The zero-order valence-electron chi connectivity index (χ0n) is 12.6. The molecule has 106 valence electrons. The molecule has 0 amide bonds. The lowest BCUT2D eigenvalue weighted by Gasteiger charge is -2.14. The Morgan fingerprint density at radius 2 is 1.95 bits per heavy atom. The Hall–Kier alpha value is -1.48. The lowest BCUT2D eigenvalue weighted by atomic mass is 9.93. The molecule has 0 fully saturated rings. The van der Waals surface area contributed by atoms with Gasteiger partial charge in [0.25, 0.3) is 0 Å². The third-order valence-electron chi connectivity index (χ3n) is 3.33. The highest BCUT2D eigenvalue weighted by Gasteiger charge is 2.19. The summed E-state index contributed by atoms with van der Waals surface area (Å²) in [7, 11) is 0. The van der Waals surface area contributed by atoms with Crippen molar-refractivity contribution in [3.63, 3.8) is 0 Å². The van der Waals surface area contributed by atoms with E-state index in [4.69, 9.17) is 0 Å². The van der Waals surface area contributed by atoms with Gasteiger partial charge in [-0.25, -0.2) is 4.98 Å². The Labute approximate surface area is 124 Å². The number of Topliss-reactive ketones (excluding diaryl/α,β-unsaturated/α-hetero) is 1. The molecule has 2 rings (SSSR count). The molecule has 0 bridgehead atoms. The van der Waals surface area contributed by atoms with Crippen LogP contribution in [0.3, 0.4) is 0 Å². The molecule has 20 heavy (non-hydrogen) atoms. The molecular weight excluding hydrogens is 266 g/mol. The van der Waals surface area contributed by atoms with Gasteiger partial charge in [-0.05, 0) is 12.0 Å². The molecule has 2 aromatic rings. The Morgan fingerprint density at radius 1 is 1.25 bits per heavy atom. The van der Waals surface area contributed by atoms with Crippen LogP contribution < -0.4 is 0 Å². The lowest BCUT2D eigenvalue weighted by Crippen LogP contribution is -2.12. The summed E-state index contributed by atoms with van der Waals surface area (Å²) in [6.07, 6.45) is 1.28. The van der Waals surface area contributed by atoms with E-state index in [0.29, 0.717) is 6.42 Å². The number of aromatic nitrogens is 1. The number of hydrogen-bond acceptors (Lipinski definition) is 3. The number of ketones is 1. The molecule has 0 radical (unpaired) electrons. The summed E-state index contributed by atoms with van der Waals surface area (Å²) in [6.45, 7) is 8.49. The van der Waals surface area contributed by atoms with Gasteiger partial charge in [0.15, 0.2) is 5.78 Å². The van der Waals surface area contributed by atoms with E-state index in [1.807, 2.05) is 24.3 Å². The standard InChI is InChI=1S/C17H21NOS/c1-5-12-8-6-7-9-13(12)14(19)10-16-18-15(11-20-16)17(2,3)4/h6-9,11H,5,10H2,1-4H3. The Morgan fingerprint density at radius 3 is 2.55 bits per heavy atom. The molecule has 0 atom stereocenters. The van der Waals surface area contributed by atoms with Crippen LogP contribution in [0.4, 0.5) is 0 Å². The van der Waals surface area contributed by atoms with Gasteiger partial charge in [0.1, 0.15) is 5.01 Å². The van der Waals surface area contributed by atoms with Gasteiger partial charge >= 0.3 is 0 Å². The molecule has 0 N–H and O–H groups in total. The fraction of sp³-hybridized carbons (Fsp3) is 0.412. The summed E-state index contributed by atoms with van der Waals surface area (Å²) >= 11 is 1.58. The average molecular weight is 287 g/mol. The molecule has 0 aliphatic carbocycles. The van der Waals surface area contributed by atoms with E-state index in [2.05, 4.69) is 38.1 Å². The summed E-state index contributed by atoms with van der Waals surface area (Å²) in [5, 5.41) is 2.97. The minimum absolute atomic E-state index is 0.0408. The fourth-order valence-corrected chi connectivity index (χ4v) is 3.09. The molecule has 0 spiro atoms. The van der Waals surface area contributed by atoms with Crippen LogP contribution in [0, 0.1) is 0 Å². The summed E-state index contributed by atoms with van der Waals surface area (Å²) in [6, 6.07) is 7.85. The topological polar surface area (TPSA) is 30.0 Å². The lowest BCUT2D eigenvalue weighted by molar-refractivity contribution is 0.0992. The SMILES string of the molecule is CCc1ccccc1C(=O)Cc1nc(C(C)(C)C)cs1. The van der Waals surface area contributed by atoms with Gasteiger partial charge in [0.05, 0.1) is 12.1 Å². The first-order chi connectivity index (χ1) is 9.41. The number of aryl methyl sites for hydroxylation is 1. The maximum atomic E-state index is 12.4. The van der Waals surface area contributed by atoms with E-state index < -0.39 is 0 Å². The van der Waals surface area contributed by atoms with Gasteiger partial charge in [-0.15, -0.1) is 11.3 Å². The predicted molar refractivity (Wildman–Crippen MR) is 84.7 cm³/mol. The number of rotatable bonds is 4. The average Bonchev–Trinajstić information content (AvgIpc) is 2.87. The van der Waals surface area contributed by atoms with Crippen molar-refractivity contribution >= 4 is 17.1 Å². The van der Waals surface area contributed by atoms with Crippen molar-refractivity contribution in [1.29, 1.82) is 0 Å². The van der Waals surface area contributed by atoms with Gasteiger partial charge in [0.2, 0.25) is 0 Å². The molecule has 1 aromatic carbocycles. The highest BCUT2D eigenvalue weighted by molar-refractivity contribution is 7.09. The Kier molecular flexibility index (Phi) is 4.39. The summed E-state index contributed by atoms with van der Waals surface area (Å²) < 4.78 is 0. The highest BCUT2D eigenvalue weighted by atomic mass is 32.1. The van der Waals surface area contributed by atoms with E-state index in [1.54, 1.807) is 11.3 Å². The van der Waals surface area contributed by atoms with Crippen molar-refractivity contribution in [3.8, 4) is 0 Å². The van der Waals surface area contributed by atoms with Crippen LogP contribution in [-0.4, -0.2) is 10.8 Å². The van der Waals surface area contributed by atoms with Gasteiger partial charge in [-0.1, -0.05) is 52.0 Å². The van der Waals surface area contributed by atoms with Crippen LogP contribution in [-0.2, 0) is 18.3 Å². The van der Waals surface area contributed by atoms with E-state index in [0.717, 1.165) is 28.2 Å². The van der Waals surface area contributed by atoms with Crippen LogP contribution >= 0.6 is 11.3 Å². The minimum Gasteiger partial charge on any atom is -0.294 e. The van der Waals surface area contributed by atoms with Crippen molar-refractivity contribution < 1.29 is 4.79 Å².